The number of fused-ring (bicyclic) bond motifs is 1. The number of amides is 3. The van der Waals surface area contributed by atoms with E-state index in [-0.39, 0.29) is 11.8 Å². The Morgan fingerprint density at radius 3 is 2.37 bits per heavy atom. The van der Waals surface area contributed by atoms with E-state index in [2.05, 4.69) is 17.2 Å². The second kappa shape index (κ2) is 12.4. The molecule has 0 aliphatic heterocycles. The maximum Gasteiger partial charge on any atom is 0.408 e. The van der Waals surface area contributed by atoms with E-state index in [9.17, 15) is 14.4 Å². The number of carbonyl (C=O) groups excluding carboxylic acids is 3. The number of hydrogen-bond donors (Lipinski definition) is 2. The Bertz CT molecular complexity index is 1310. The minimum atomic E-state index is -0.934. The third-order valence-electron chi connectivity index (χ3n) is 5.89. The lowest BCUT2D eigenvalue weighted by Gasteiger charge is -2.33. The Morgan fingerprint density at radius 2 is 1.71 bits per heavy atom. The Kier molecular flexibility index (Phi) is 9.29. The van der Waals surface area contributed by atoms with E-state index in [1.54, 1.807) is 33.8 Å². The van der Waals surface area contributed by atoms with Gasteiger partial charge in [-0.3, -0.25) is 9.59 Å². The van der Waals surface area contributed by atoms with Crippen LogP contribution in [0.2, 0.25) is 0 Å². The fourth-order valence-electron chi connectivity index (χ4n) is 4.21. The molecular weight excluding hydrogens is 478 g/mol. The van der Waals surface area contributed by atoms with Crippen LogP contribution in [0.1, 0.15) is 58.2 Å². The molecule has 0 aromatic heterocycles. The van der Waals surface area contributed by atoms with Crippen LogP contribution in [0, 0.1) is 0 Å². The average molecular weight is 516 g/mol. The highest BCUT2D eigenvalue weighted by molar-refractivity contribution is 6.00. The number of rotatable bonds is 9. The molecule has 2 atom stereocenters. The lowest BCUT2D eigenvalue weighted by molar-refractivity contribution is -0.140. The monoisotopic (exact) mass is 515 g/mol. The molecule has 0 aliphatic rings. The van der Waals surface area contributed by atoms with Crippen LogP contribution in [0.3, 0.4) is 0 Å². The van der Waals surface area contributed by atoms with Gasteiger partial charge in [0.15, 0.2) is 0 Å². The summed E-state index contributed by atoms with van der Waals surface area (Å²) in [6.45, 7) is 12.9. The van der Waals surface area contributed by atoms with Gasteiger partial charge in [0.05, 0.1) is 0 Å². The summed E-state index contributed by atoms with van der Waals surface area (Å²) in [5.41, 5.74) is 1.40. The minimum Gasteiger partial charge on any atom is -0.444 e. The highest BCUT2D eigenvalue weighted by atomic mass is 16.6. The molecule has 0 fully saturated rings. The number of nitrogens with one attached hydrogen (secondary N) is 2. The van der Waals surface area contributed by atoms with Gasteiger partial charge in [0.1, 0.15) is 17.7 Å². The van der Waals surface area contributed by atoms with Gasteiger partial charge in [-0.1, -0.05) is 68.1 Å². The van der Waals surface area contributed by atoms with Crippen molar-refractivity contribution in [2.45, 2.75) is 58.7 Å². The number of benzene rings is 3. The zero-order chi connectivity index (χ0) is 27.9. The van der Waals surface area contributed by atoms with Crippen molar-refractivity contribution in [3.05, 3.63) is 84.4 Å². The fourth-order valence-corrected chi connectivity index (χ4v) is 4.21. The van der Waals surface area contributed by atoms with E-state index in [1.165, 1.54) is 4.90 Å². The largest absolute Gasteiger partial charge is 0.444 e. The molecule has 0 heterocycles. The van der Waals surface area contributed by atoms with Crippen LogP contribution < -0.4 is 10.6 Å². The van der Waals surface area contributed by atoms with Crippen molar-refractivity contribution in [1.29, 1.82) is 0 Å². The molecule has 2 N–H and O–H groups in total. The third-order valence-corrected chi connectivity index (χ3v) is 5.89. The van der Waals surface area contributed by atoms with Gasteiger partial charge >= 0.3 is 6.09 Å². The molecule has 0 saturated heterocycles. The summed E-state index contributed by atoms with van der Waals surface area (Å²) in [4.78, 5) is 41.4. The first-order valence-electron chi connectivity index (χ1n) is 12.8. The molecule has 0 spiro atoms. The van der Waals surface area contributed by atoms with Gasteiger partial charge in [0.25, 0.3) is 5.91 Å². The molecule has 2 unspecified atom stereocenters. The first-order valence-corrected chi connectivity index (χ1v) is 12.8. The van der Waals surface area contributed by atoms with E-state index >= 15 is 0 Å². The topological polar surface area (TPSA) is 87.7 Å². The van der Waals surface area contributed by atoms with Crippen molar-refractivity contribution in [2.75, 3.05) is 11.9 Å². The van der Waals surface area contributed by atoms with Crippen molar-refractivity contribution >= 4 is 40.4 Å². The lowest BCUT2D eigenvalue weighted by Crippen LogP contribution is -2.51. The molecule has 3 rings (SSSR count). The average Bonchev–Trinajstić information content (AvgIpc) is 2.86. The first kappa shape index (κ1) is 28.4. The summed E-state index contributed by atoms with van der Waals surface area (Å²) < 4.78 is 5.32. The summed E-state index contributed by atoms with van der Waals surface area (Å²) in [6.07, 6.45) is 1.62. The van der Waals surface area contributed by atoms with Gasteiger partial charge in [-0.15, -0.1) is 0 Å². The van der Waals surface area contributed by atoms with Crippen molar-refractivity contribution in [3.8, 4) is 0 Å². The second-order valence-electron chi connectivity index (χ2n) is 10.2. The van der Waals surface area contributed by atoms with Gasteiger partial charge < -0.3 is 20.3 Å². The molecule has 0 saturated carbocycles. The van der Waals surface area contributed by atoms with E-state index in [1.807, 2.05) is 73.7 Å². The van der Waals surface area contributed by atoms with E-state index < -0.39 is 23.8 Å². The van der Waals surface area contributed by atoms with Crippen LogP contribution in [0.25, 0.3) is 16.8 Å². The minimum absolute atomic E-state index is 0.313. The number of nitrogens with zero attached hydrogens (tertiary/aromatic N) is 1. The number of carbonyl (C=O) groups is 3. The van der Waals surface area contributed by atoms with Crippen LogP contribution in [0.15, 0.2) is 73.3 Å². The molecule has 0 bridgehead atoms. The highest BCUT2D eigenvalue weighted by Crippen LogP contribution is 2.27. The van der Waals surface area contributed by atoms with Crippen LogP contribution in [-0.4, -0.2) is 41.0 Å². The lowest BCUT2D eigenvalue weighted by atomic mass is 10.00. The molecular formula is C31H37N3O4. The maximum atomic E-state index is 13.9. The van der Waals surface area contributed by atoms with Gasteiger partial charge in [-0.2, -0.15) is 0 Å². The molecule has 3 amide bonds. The van der Waals surface area contributed by atoms with Gasteiger partial charge in [0.2, 0.25) is 5.91 Å². The van der Waals surface area contributed by atoms with Crippen LogP contribution in [0.4, 0.5) is 10.5 Å². The summed E-state index contributed by atoms with van der Waals surface area (Å²) in [5.74, 6) is -0.742. The Hall–Kier alpha value is -4.13. The van der Waals surface area contributed by atoms with E-state index in [0.29, 0.717) is 24.2 Å². The predicted molar refractivity (Wildman–Crippen MR) is 153 cm³/mol. The number of anilines is 1. The normalized spacial score (nSPS) is 12.8. The summed E-state index contributed by atoms with van der Waals surface area (Å²) >= 11 is 0. The summed E-state index contributed by atoms with van der Waals surface area (Å²) in [7, 11) is 0. The zero-order valence-corrected chi connectivity index (χ0v) is 22.8. The number of alkyl carbamates (subject to hydrolysis) is 1. The highest BCUT2D eigenvalue weighted by Gasteiger charge is 2.34. The van der Waals surface area contributed by atoms with Crippen molar-refractivity contribution < 1.29 is 19.1 Å². The van der Waals surface area contributed by atoms with Gasteiger partial charge in [0, 0.05) is 12.2 Å². The van der Waals surface area contributed by atoms with E-state index in [4.69, 9.17) is 4.74 Å². The third kappa shape index (κ3) is 7.44. The van der Waals surface area contributed by atoms with E-state index in [0.717, 1.165) is 16.3 Å². The smallest absolute Gasteiger partial charge is 0.408 e. The van der Waals surface area contributed by atoms with Gasteiger partial charge in [-0.05, 0) is 74.2 Å². The molecule has 38 heavy (non-hydrogen) atoms. The summed E-state index contributed by atoms with van der Waals surface area (Å²) in [6, 6.07) is 19.1. The van der Waals surface area contributed by atoms with Crippen LogP contribution >= 0.6 is 0 Å². The van der Waals surface area contributed by atoms with Crippen LogP contribution in [-0.2, 0) is 14.3 Å². The van der Waals surface area contributed by atoms with Crippen molar-refractivity contribution in [3.63, 3.8) is 0 Å². The van der Waals surface area contributed by atoms with Crippen LogP contribution in [0.5, 0.6) is 0 Å². The molecule has 200 valence electrons. The standard InChI is InChI=1S/C31H37N3O4/c1-7-18-34(29(36)21(3)32-30(37)38-31(4,5)6)27(25-15-11-12-22(8-2)19-25)28(35)33-26-17-16-23-13-9-10-14-24(23)20-26/h8-17,19-21,27H,2,7,18H2,1,3-6H3,(H,32,37)(H,33,35). The molecule has 3 aromatic rings. The molecule has 7 nitrogen and oxygen atoms in total. The van der Waals surface area contributed by atoms with Crippen molar-refractivity contribution in [2.24, 2.45) is 0 Å². The molecule has 0 radical (unpaired) electrons. The number of ether oxygens (including phenoxy) is 1. The SMILES string of the molecule is C=Cc1cccc(C(C(=O)Nc2ccc3ccccc3c2)N(CCC)C(=O)C(C)NC(=O)OC(C)(C)C)c1. The molecule has 7 heteroatoms. The number of hydrogen-bond acceptors (Lipinski definition) is 4. The predicted octanol–water partition coefficient (Wildman–Crippen LogP) is 6.31. The van der Waals surface area contributed by atoms with Gasteiger partial charge in [-0.25, -0.2) is 4.79 Å². The zero-order valence-electron chi connectivity index (χ0n) is 22.8. The molecule has 0 aliphatic carbocycles. The summed E-state index contributed by atoms with van der Waals surface area (Å²) in [5, 5.41) is 7.67. The second-order valence-corrected chi connectivity index (χ2v) is 10.2. The quantitative estimate of drug-likeness (QED) is 0.349. The first-order chi connectivity index (χ1) is 18.0. The molecule has 3 aromatic carbocycles. The fraction of sp³-hybridized carbons (Fsp3) is 0.323. The Labute approximate surface area is 224 Å². The Morgan fingerprint density at radius 1 is 1.00 bits per heavy atom. The Balaban J connectivity index is 1.96. The maximum absolute atomic E-state index is 13.9. The van der Waals surface area contributed by atoms with Crippen molar-refractivity contribution in [1.82, 2.24) is 10.2 Å².